The van der Waals surface area contributed by atoms with Crippen molar-refractivity contribution in [2.24, 2.45) is 0 Å². The largest absolute Gasteiger partial charge is 0.495 e. The fourth-order valence-electron chi connectivity index (χ4n) is 1.85. The highest BCUT2D eigenvalue weighted by atomic mass is 35.5. The lowest BCUT2D eigenvalue weighted by atomic mass is 9.99. The van der Waals surface area contributed by atoms with Crippen LogP contribution in [0.3, 0.4) is 0 Å². The molecule has 3 nitrogen and oxygen atoms in total. The van der Waals surface area contributed by atoms with Crippen molar-refractivity contribution in [2.75, 3.05) is 20.7 Å². The number of hydrogen-bond acceptors (Lipinski definition) is 3. The summed E-state index contributed by atoms with van der Waals surface area (Å²) < 4.78 is 5.29. The van der Waals surface area contributed by atoms with Gasteiger partial charge < -0.3 is 15.2 Å². The number of aliphatic hydroxyl groups excluding tert-OH is 1. The zero-order chi connectivity index (χ0) is 12.3. The minimum atomic E-state index is -0.613. The molecule has 0 spiro atoms. The molecule has 1 unspecified atom stereocenters. The Morgan fingerprint density at radius 1 is 1.44 bits per heavy atom. The van der Waals surface area contributed by atoms with Crippen molar-refractivity contribution in [1.29, 1.82) is 0 Å². The van der Waals surface area contributed by atoms with Crippen LogP contribution >= 0.6 is 11.6 Å². The SMILES string of the molecule is CNCC(O)c1c(C)cc(C)c(Cl)c1OC. The van der Waals surface area contributed by atoms with Crippen LogP contribution in [0.15, 0.2) is 6.07 Å². The van der Waals surface area contributed by atoms with Gasteiger partial charge >= 0.3 is 0 Å². The minimum absolute atomic E-state index is 0.469. The van der Waals surface area contributed by atoms with Gasteiger partial charge in [0.25, 0.3) is 0 Å². The molecule has 16 heavy (non-hydrogen) atoms. The summed E-state index contributed by atoms with van der Waals surface area (Å²) in [5, 5.41) is 13.5. The van der Waals surface area contributed by atoms with Crippen molar-refractivity contribution in [2.45, 2.75) is 20.0 Å². The first-order valence-electron chi connectivity index (χ1n) is 5.19. The maximum absolute atomic E-state index is 10.0. The van der Waals surface area contributed by atoms with E-state index in [4.69, 9.17) is 16.3 Å². The van der Waals surface area contributed by atoms with Crippen LogP contribution in [0, 0.1) is 13.8 Å². The van der Waals surface area contributed by atoms with Crippen LogP contribution in [0.4, 0.5) is 0 Å². The Kier molecular flexibility index (Phi) is 4.59. The van der Waals surface area contributed by atoms with Crippen molar-refractivity contribution in [3.8, 4) is 5.75 Å². The molecule has 0 amide bonds. The summed E-state index contributed by atoms with van der Waals surface area (Å²) in [6, 6.07) is 1.96. The minimum Gasteiger partial charge on any atom is -0.495 e. The smallest absolute Gasteiger partial charge is 0.143 e. The summed E-state index contributed by atoms with van der Waals surface area (Å²) in [6.07, 6.45) is -0.613. The van der Waals surface area contributed by atoms with Crippen LogP contribution in [0.2, 0.25) is 5.02 Å². The van der Waals surface area contributed by atoms with E-state index in [9.17, 15) is 5.11 Å². The summed E-state index contributed by atoms with van der Waals surface area (Å²) in [5.41, 5.74) is 2.70. The normalized spacial score (nSPS) is 12.6. The molecule has 0 fully saturated rings. The fraction of sp³-hybridized carbons (Fsp3) is 0.500. The highest BCUT2D eigenvalue weighted by Gasteiger charge is 2.19. The second-order valence-corrected chi connectivity index (χ2v) is 4.22. The standard InChI is InChI=1S/C12H18ClNO2/c1-7-5-8(2)11(13)12(16-4)10(7)9(15)6-14-3/h5,9,14-15H,6H2,1-4H3. The van der Waals surface area contributed by atoms with Gasteiger partial charge in [-0.05, 0) is 32.0 Å². The molecule has 0 aromatic heterocycles. The van der Waals surface area contributed by atoms with E-state index in [2.05, 4.69) is 5.32 Å². The lowest BCUT2D eigenvalue weighted by Crippen LogP contribution is -2.18. The Morgan fingerprint density at radius 3 is 2.56 bits per heavy atom. The van der Waals surface area contributed by atoms with Crippen LogP contribution < -0.4 is 10.1 Å². The first kappa shape index (κ1) is 13.3. The van der Waals surface area contributed by atoms with Crippen molar-refractivity contribution in [3.05, 3.63) is 27.8 Å². The predicted octanol–water partition coefficient (Wildman–Crippen LogP) is 2.22. The molecule has 4 heteroatoms. The highest BCUT2D eigenvalue weighted by molar-refractivity contribution is 6.33. The van der Waals surface area contributed by atoms with Crippen molar-refractivity contribution >= 4 is 11.6 Å². The molecular formula is C12H18ClNO2. The number of ether oxygens (including phenoxy) is 1. The summed E-state index contributed by atoms with van der Waals surface area (Å²) in [5.74, 6) is 0.571. The van der Waals surface area contributed by atoms with E-state index < -0.39 is 6.10 Å². The molecule has 0 bridgehead atoms. The molecular weight excluding hydrogens is 226 g/mol. The quantitative estimate of drug-likeness (QED) is 0.852. The van der Waals surface area contributed by atoms with E-state index in [1.165, 1.54) is 0 Å². The van der Waals surface area contributed by atoms with Gasteiger partial charge in [-0.1, -0.05) is 17.7 Å². The van der Waals surface area contributed by atoms with E-state index in [0.29, 0.717) is 17.3 Å². The summed E-state index contributed by atoms with van der Waals surface area (Å²) in [4.78, 5) is 0. The topological polar surface area (TPSA) is 41.5 Å². The monoisotopic (exact) mass is 243 g/mol. The fourth-order valence-corrected chi connectivity index (χ4v) is 2.08. The molecule has 90 valence electrons. The molecule has 1 rings (SSSR count). The van der Waals surface area contributed by atoms with Gasteiger partial charge in [0.05, 0.1) is 18.2 Å². The average Bonchev–Trinajstić information content (AvgIpc) is 2.23. The van der Waals surface area contributed by atoms with Crippen molar-refractivity contribution in [1.82, 2.24) is 5.32 Å². The van der Waals surface area contributed by atoms with Gasteiger partial charge in [0.15, 0.2) is 0 Å². The van der Waals surface area contributed by atoms with Crippen LogP contribution in [-0.4, -0.2) is 25.8 Å². The van der Waals surface area contributed by atoms with Gasteiger partial charge in [0.2, 0.25) is 0 Å². The van der Waals surface area contributed by atoms with Gasteiger partial charge in [-0.25, -0.2) is 0 Å². The Labute approximate surface area is 101 Å². The van der Waals surface area contributed by atoms with Crippen LogP contribution in [0.5, 0.6) is 5.75 Å². The molecule has 2 N–H and O–H groups in total. The Hall–Kier alpha value is -0.770. The van der Waals surface area contributed by atoms with E-state index in [-0.39, 0.29) is 0 Å². The molecule has 0 aliphatic carbocycles. The Bertz CT molecular complexity index is 380. The third kappa shape index (κ3) is 2.48. The van der Waals surface area contributed by atoms with E-state index >= 15 is 0 Å². The number of nitrogens with one attached hydrogen (secondary N) is 1. The number of rotatable bonds is 4. The molecule has 0 aliphatic heterocycles. The summed E-state index contributed by atoms with van der Waals surface area (Å²) in [7, 11) is 3.36. The van der Waals surface area contributed by atoms with Crippen molar-refractivity contribution < 1.29 is 9.84 Å². The van der Waals surface area contributed by atoms with Gasteiger partial charge in [-0.15, -0.1) is 0 Å². The predicted molar refractivity (Wildman–Crippen MR) is 66.4 cm³/mol. The molecule has 1 aromatic rings. The zero-order valence-corrected chi connectivity index (χ0v) is 10.9. The van der Waals surface area contributed by atoms with Crippen LogP contribution in [0.25, 0.3) is 0 Å². The van der Waals surface area contributed by atoms with E-state index in [1.807, 2.05) is 19.9 Å². The van der Waals surface area contributed by atoms with Gasteiger partial charge in [0, 0.05) is 12.1 Å². The van der Waals surface area contributed by atoms with E-state index in [0.717, 1.165) is 16.7 Å². The number of hydrogen-bond donors (Lipinski definition) is 2. The summed E-state index contributed by atoms with van der Waals surface area (Å²) in [6.45, 7) is 4.34. The molecule has 0 heterocycles. The third-order valence-corrected chi connectivity index (χ3v) is 3.05. The molecule has 0 saturated carbocycles. The number of likely N-dealkylation sites (N-methyl/N-ethyl adjacent to an activating group) is 1. The van der Waals surface area contributed by atoms with Crippen LogP contribution in [-0.2, 0) is 0 Å². The summed E-state index contributed by atoms with van der Waals surface area (Å²) >= 11 is 6.16. The van der Waals surface area contributed by atoms with Crippen molar-refractivity contribution in [3.63, 3.8) is 0 Å². The number of halogens is 1. The molecule has 1 aromatic carbocycles. The number of aryl methyl sites for hydroxylation is 2. The van der Waals surface area contributed by atoms with Gasteiger partial charge in [-0.3, -0.25) is 0 Å². The average molecular weight is 244 g/mol. The molecule has 1 atom stereocenters. The lowest BCUT2D eigenvalue weighted by Gasteiger charge is -2.19. The maximum Gasteiger partial charge on any atom is 0.143 e. The first-order chi connectivity index (χ1) is 7.52. The lowest BCUT2D eigenvalue weighted by molar-refractivity contribution is 0.172. The number of aliphatic hydroxyl groups is 1. The van der Waals surface area contributed by atoms with Gasteiger partial charge in [0.1, 0.15) is 5.75 Å². The zero-order valence-electron chi connectivity index (χ0n) is 10.1. The van der Waals surface area contributed by atoms with Crippen LogP contribution in [0.1, 0.15) is 22.8 Å². The second-order valence-electron chi connectivity index (χ2n) is 3.84. The molecule has 0 radical (unpaired) electrons. The Balaban J connectivity index is 3.30. The maximum atomic E-state index is 10.0. The molecule has 0 aliphatic rings. The molecule has 0 saturated heterocycles. The first-order valence-corrected chi connectivity index (χ1v) is 5.57. The highest BCUT2D eigenvalue weighted by Crippen LogP contribution is 2.37. The number of benzene rings is 1. The number of methoxy groups -OCH3 is 1. The van der Waals surface area contributed by atoms with Gasteiger partial charge in [-0.2, -0.15) is 0 Å². The van der Waals surface area contributed by atoms with E-state index in [1.54, 1.807) is 14.2 Å². The third-order valence-electron chi connectivity index (χ3n) is 2.58. The Morgan fingerprint density at radius 2 is 2.06 bits per heavy atom. The second kappa shape index (κ2) is 5.53.